The van der Waals surface area contributed by atoms with Crippen LogP contribution in [0.1, 0.15) is 17.2 Å². The minimum atomic E-state index is -0.0130. The smallest absolute Gasteiger partial charge is 0.179 e. The molecule has 1 atom stereocenters. The first-order valence-corrected chi connectivity index (χ1v) is 6.55. The van der Waals surface area contributed by atoms with Crippen LogP contribution in [-0.4, -0.2) is 31.0 Å². The average molecular weight is 296 g/mol. The lowest BCUT2D eigenvalue weighted by atomic mass is 10.0. The van der Waals surface area contributed by atoms with Crippen molar-refractivity contribution in [3.05, 3.63) is 40.7 Å². The lowest BCUT2D eigenvalue weighted by Crippen LogP contribution is -2.17. The predicted octanol–water partition coefficient (Wildman–Crippen LogP) is 2.40. The van der Waals surface area contributed by atoms with Gasteiger partial charge in [-0.15, -0.1) is 0 Å². The quantitative estimate of drug-likeness (QED) is 0.920. The fourth-order valence-electron chi connectivity index (χ4n) is 2.22. The molecule has 0 bridgehead atoms. The van der Waals surface area contributed by atoms with Crippen LogP contribution in [0.3, 0.4) is 0 Å². The molecule has 1 heterocycles. The van der Waals surface area contributed by atoms with Crippen LogP contribution in [0.4, 0.5) is 0 Å². The second kappa shape index (κ2) is 6.15. The molecule has 0 aliphatic heterocycles. The number of halogens is 1. The summed E-state index contributed by atoms with van der Waals surface area (Å²) < 4.78 is 12.4. The molecule has 1 aromatic heterocycles. The van der Waals surface area contributed by atoms with Gasteiger partial charge in [0, 0.05) is 18.8 Å². The van der Waals surface area contributed by atoms with Crippen molar-refractivity contribution in [1.82, 2.24) is 15.1 Å². The Morgan fingerprint density at radius 2 is 2.00 bits per heavy atom. The van der Waals surface area contributed by atoms with E-state index >= 15 is 0 Å². The van der Waals surface area contributed by atoms with Gasteiger partial charge in [-0.3, -0.25) is 4.68 Å². The molecule has 0 aliphatic carbocycles. The van der Waals surface area contributed by atoms with E-state index < -0.39 is 0 Å². The van der Waals surface area contributed by atoms with E-state index in [1.54, 1.807) is 18.9 Å². The molecule has 0 saturated heterocycles. The van der Waals surface area contributed by atoms with Crippen molar-refractivity contribution in [2.45, 2.75) is 6.04 Å². The summed E-state index contributed by atoms with van der Waals surface area (Å²) in [6, 6.07) is 3.77. The summed E-state index contributed by atoms with van der Waals surface area (Å²) in [5.41, 5.74) is 2.04. The summed E-state index contributed by atoms with van der Waals surface area (Å²) in [5, 5.41) is 7.97. The lowest BCUT2D eigenvalue weighted by molar-refractivity contribution is 0.354. The molecule has 0 spiro atoms. The van der Waals surface area contributed by atoms with Crippen LogP contribution in [0.5, 0.6) is 11.5 Å². The van der Waals surface area contributed by atoms with Crippen LogP contribution < -0.4 is 14.8 Å². The third-order valence-corrected chi connectivity index (χ3v) is 3.42. The van der Waals surface area contributed by atoms with Gasteiger partial charge < -0.3 is 14.8 Å². The topological polar surface area (TPSA) is 48.3 Å². The zero-order valence-corrected chi connectivity index (χ0v) is 12.7. The number of nitrogens with one attached hydrogen (secondary N) is 1. The highest BCUT2D eigenvalue weighted by Gasteiger charge is 2.18. The maximum Gasteiger partial charge on any atom is 0.179 e. The van der Waals surface area contributed by atoms with Crippen LogP contribution in [-0.2, 0) is 7.05 Å². The van der Waals surface area contributed by atoms with Gasteiger partial charge >= 0.3 is 0 Å². The number of hydrogen-bond donors (Lipinski definition) is 1. The number of aryl methyl sites for hydroxylation is 1. The van der Waals surface area contributed by atoms with E-state index in [1.165, 1.54) is 0 Å². The molecule has 5 nitrogen and oxygen atoms in total. The van der Waals surface area contributed by atoms with E-state index in [-0.39, 0.29) is 6.04 Å². The molecule has 1 unspecified atom stereocenters. The lowest BCUT2D eigenvalue weighted by Gasteiger charge is -2.18. The van der Waals surface area contributed by atoms with Crippen molar-refractivity contribution >= 4 is 11.6 Å². The normalized spacial score (nSPS) is 12.2. The highest BCUT2D eigenvalue weighted by atomic mass is 35.5. The molecule has 0 aliphatic rings. The maximum absolute atomic E-state index is 6.25. The van der Waals surface area contributed by atoms with E-state index in [2.05, 4.69) is 10.4 Å². The van der Waals surface area contributed by atoms with Gasteiger partial charge in [-0.2, -0.15) is 5.10 Å². The SMILES string of the molecule is CNC(c1cc(Cl)c(OC)c(OC)c1)c1cnn(C)c1. The molecular weight excluding hydrogens is 278 g/mol. The highest BCUT2D eigenvalue weighted by molar-refractivity contribution is 6.32. The number of rotatable bonds is 5. The van der Waals surface area contributed by atoms with Gasteiger partial charge in [-0.05, 0) is 24.7 Å². The second-order valence-corrected chi connectivity index (χ2v) is 4.81. The number of ether oxygens (including phenoxy) is 2. The fraction of sp³-hybridized carbons (Fsp3) is 0.357. The minimum Gasteiger partial charge on any atom is -0.493 e. The van der Waals surface area contributed by atoms with Crippen molar-refractivity contribution in [2.75, 3.05) is 21.3 Å². The van der Waals surface area contributed by atoms with E-state index in [1.807, 2.05) is 38.6 Å². The summed E-state index contributed by atoms with van der Waals surface area (Å²) in [7, 11) is 6.94. The summed E-state index contributed by atoms with van der Waals surface area (Å²) >= 11 is 6.25. The number of hydrogen-bond acceptors (Lipinski definition) is 4. The first-order valence-electron chi connectivity index (χ1n) is 6.18. The zero-order chi connectivity index (χ0) is 14.7. The molecule has 1 aromatic carbocycles. The van der Waals surface area contributed by atoms with Gasteiger partial charge in [0.25, 0.3) is 0 Å². The molecule has 20 heavy (non-hydrogen) atoms. The van der Waals surface area contributed by atoms with Crippen LogP contribution in [0.15, 0.2) is 24.5 Å². The predicted molar refractivity (Wildman–Crippen MR) is 78.7 cm³/mol. The van der Waals surface area contributed by atoms with Crippen molar-refractivity contribution in [1.29, 1.82) is 0 Å². The zero-order valence-electron chi connectivity index (χ0n) is 12.0. The Bertz CT molecular complexity index is 598. The average Bonchev–Trinajstić information content (AvgIpc) is 2.85. The van der Waals surface area contributed by atoms with E-state index in [0.717, 1.165) is 11.1 Å². The summed E-state index contributed by atoms with van der Waals surface area (Å²) in [5.74, 6) is 1.15. The fourth-order valence-corrected chi connectivity index (χ4v) is 2.52. The summed E-state index contributed by atoms with van der Waals surface area (Å²) in [6.45, 7) is 0. The Morgan fingerprint density at radius 1 is 1.25 bits per heavy atom. The molecule has 0 saturated carbocycles. The summed E-state index contributed by atoms with van der Waals surface area (Å²) in [6.07, 6.45) is 3.79. The first kappa shape index (κ1) is 14.7. The number of nitrogens with zero attached hydrogens (tertiary/aromatic N) is 2. The molecule has 2 aromatic rings. The van der Waals surface area contributed by atoms with Gasteiger partial charge in [0.2, 0.25) is 0 Å². The van der Waals surface area contributed by atoms with Crippen LogP contribution in [0.25, 0.3) is 0 Å². The van der Waals surface area contributed by atoms with Crippen molar-refractivity contribution in [2.24, 2.45) is 7.05 Å². The molecule has 0 radical (unpaired) electrons. The largest absolute Gasteiger partial charge is 0.493 e. The van der Waals surface area contributed by atoms with Crippen LogP contribution >= 0.6 is 11.6 Å². The van der Waals surface area contributed by atoms with Gasteiger partial charge in [0.1, 0.15) is 0 Å². The van der Waals surface area contributed by atoms with E-state index in [9.17, 15) is 0 Å². The van der Waals surface area contributed by atoms with Gasteiger partial charge in [-0.25, -0.2) is 0 Å². The molecule has 1 N–H and O–H groups in total. The van der Waals surface area contributed by atoms with E-state index in [4.69, 9.17) is 21.1 Å². The Labute approximate surface area is 123 Å². The third-order valence-electron chi connectivity index (χ3n) is 3.14. The maximum atomic E-state index is 6.25. The van der Waals surface area contributed by atoms with Crippen LogP contribution in [0, 0.1) is 0 Å². The van der Waals surface area contributed by atoms with E-state index in [0.29, 0.717) is 16.5 Å². The first-order chi connectivity index (χ1) is 9.60. The number of benzene rings is 1. The molecule has 108 valence electrons. The Kier molecular flexibility index (Phi) is 4.52. The number of methoxy groups -OCH3 is 2. The van der Waals surface area contributed by atoms with Gasteiger partial charge in [0.15, 0.2) is 11.5 Å². The molecule has 0 fully saturated rings. The Hall–Kier alpha value is -1.72. The molecule has 0 amide bonds. The van der Waals surface area contributed by atoms with Crippen molar-refractivity contribution in [3.8, 4) is 11.5 Å². The van der Waals surface area contributed by atoms with Gasteiger partial charge in [0.05, 0.1) is 31.5 Å². The third kappa shape index (κ3) is 2.73. The number of aromatic nitrogens is 2. The Balaban J connectivity index is 2.47. The highest BCUT2D eigenvalue weighted by Crippen LogP contribution is 2.38. The van der Waals surface area contributed by atoms with Gasteiger partial charge in [-0.1, -0.05) is 11.6 Å². The monoisotopic (exact) mass is 295 g/mol. The Morgan fingerprint density at radius 3 is 2.50 bits per heavy atom. The molecular formula is C14H18ClN3O2. The standard InChI is InChI=1S/C14H18ClN3O2/c1-16-13(10-7-17-18(2)8-10)9-5-11(15)14(20-4)12(6-9)19-3/h5-8,13,16H,1-4H3. The van der Waals surface area contributed by atoms with Crippen molar-refractivity contribution < 1.29 is 9.47 Å². The van der Waals surface area contributed by atoms with Crippen molar-refractivity contribution in [3.63, 3.8) is 0 Å². The molecule has 2 rings (SSSR count). The van der Waals surface area contributed by atoms with Crippen LogP contribution in [0.2, 0.25) is 5.02 Å². The second-order valence-electron chi connectivity index (χ2n) is 4.41. The summed E-state index contributed by atoms with van der Waals surface area (Å²) in [4.78, 5) is 0. The minimum absolute atomic E-state index is 0.0130. The molecule has 6 heteroatoms.